The second kappa shape index (κ2) is 6.19. The summed E-state index contributed by atoms with van der Waals surface area (Å²) in [7, 11) is 3.22. The number of nitrogens with two attached hydrogens (primary N) is 1. The van der Waals surface area contributed by atoms with Crippen LogP contribution < -0.4 is 19.9 Å². The first-order valence-corrected chi connectivity index (χ1v) is 6.45. The second-order valence-corrected chi connectivity index (χ2v) is 4.38. The molecule has 2 rings (SSSR count). The molecule has 0 aliphatic heterocycles. The number of anilines is 1. The van der Waals surface area contributed by atoms with Gasteiger partial charge in [-0.3, -0.25) is 0 Å². The minimum atomic E-state index is 0.587. The molecule has 0 heterocycles. The van der Waals surface area contributed by atoms with Gasteiger partial charge >= 0.3 is 0 Å². The summed E-state index contributed by atoms with van der Waals surface area (Å²) in [5, 5.41) is 0. The predicted octanol–water partition coefficient (Wildman–Crippen LogP) is 3.64. The van der Waals surface area contributed by atoms with Crippen LogP contribution in [0.15, 0.2) is 36.4 Å². The van der Waals surface area contributed by atoms with E-state index in [0.717, 1.165) is 6.42 Å². The zero-order chi connectivity index (χ0) is 14.5. The molecule has 0 aliphatic rings. The van der Waals surface area contributed by atoms with Gasteiger partial charge in [0.05, 0.1) is 14.2 Å². The molecular formula is C16H19NO3. The summed E-state index contributed by atoms with van der Waals surface area (Å²) in [4.78, 5) is 0. The minimum Gasteiger partial charge on any atom is -0.497 e. The lowest BCUT2D eigenvalue weighted by molar-refractivity contribution is 0.375. The van der Waals surface area contributed by atoms with E-state index >= 15 is 0 Å². The average molecular weight is 273 g/mol. The molecule has 0 amide bonds. The van der Waals surface area contributed by atoms with E-state index in [1.165, 1.54) is 5.56 Å². The molecule has 106 valence electrons. The van der Waals surface area contributed by atoms with Crippen molar-refractivity contribution in [2.75, 3.05) is 20.0 Å². The fourth-order valence-corrected chi connectivity index (χ4v) is 1.91. The Labute approximate surface area is 119 Å². The van der Waals surface area contributed by atoms with Gasteiger partial charge in [-0.15, -0.1) is 0 Å². The average Bonchev–Trinajstić information content (AvgIpc) is 2.47. The zero-order valence-corrected chi connectivity index (χ0v) is 12.0. The van der Waals surface area contributed by atoms with Gasteiger partial charge in [-0.1, -0.05) is 13.0 Å². The Bertz CT molecular complexity index is 596. The van der Waals surface area contributed by atoms with Crippen LogP contribution in [0.4, 0.5) is 5.69 Å². The molecule has 0 atom stereocenters. The molecule has 0 spiro atoms. The molecule has 2 aromatic rings. The molecule has 20 heavy (non-hydrogen) atoms. The van der Waals surface area contributed by atoms with Crippen molar-refractivity contribution in [1.29, 1.82) is 0 Å². The Balaban J connectivity index is 2.31. The van der Waals surface area contributed by atoms with Crippen LogP contribution in [0.2, 0.25) is 0 Å². The Kier molecular flexibility index (Phi) is 4.35. The highest BCUT2D eigenvalue weighted by atomic mass is 16.5. The van der Waals surface area contributed by atoms with Crippen molar-refractivity contribution in [2.45, 2.75) is 13.3 Å². The van der Waals surface area contributed by atoms with Crippen LogP contribution in [-0.2, 0) is 6.42 Å². The monoisotopic (exact) mass is 273 g/mol. The molecule has 0 fully saturated rings. The highest BCUT2D eigenvalue weighted by Crippen LogP contribution is 2.34. The molecule has 0 saturated heterocycles. The number of methoxy groups -OCH3 is 2. The molecule has 4 nitrogen and oxygen atoms in total. The van der Waals surface area contributed by atoms with Crippen molar-refractivity contribution in [3.8, 4) is 23.0 Å². The van der Waals surface area contributed by atoms with Gasteiger partial charge in [0.25, 0.3) is 0 Å². The topological polar surface area (TPSA) is 53.7 Å². The van der Waals surface area contributed by atoms with Gasteiger partial charge in [0.2, 0.25) is 0 Å². The Hall–Kier alpha value is -2.36. The first-order valence-electron chi connectivity index (χ1n) is 6.45. The Morgan fingerprint density at radius 2 is 1.65 bits per heavy atom. The van der Waals surface area contributed by atoms with Crippen LogP contribution in [0.3, 0.4) is 0 Å². The third-order valence-corrected chi connectivity index (χ3v) is 3.00. The maximum absolute atomic E-state index is 5.84. The van der Waals surface area contributed by atoms with E-state index in [1.807, 2.05) is 18.2 Å². The van der Waals surface area contributed by atoms with Gasteiger partial charge < -0.3 is 19.9 Å². The SMILES string of the molecule is CCc1ccc(Oc2cc(N)cc(OC)c2)c(OC)c1. The lowest BCUT2D eigenvalue weighted by atomic mass is 10.1. The zero-order valence-electron chi connectivity index (χ0n) is 12.0. The van der Waals surface area contributed by atoms with Gasteiger partial charge in [-0.05, 0) is 24.1 Å². The number of rotatable bonds is 5. The third-order valence-electron chi connectivity index (χ3n) is 3.00. The summed E-state index contributed by atoms with van der Waals surface area (Å²) in [5.41, 5.74) is 7.59. The van der Waals surface area contributed by atoms with Crippen LogP contribution in [-0.4, -0.2) is 14.2 Å². The quantitative estimate of drug-likeness (QED) is 0.845. The number of nitrogen functional groups attached to an aromatic ring is 1. The lowest BCUT2D eigenvalue weighted by Gasteiger charge is -2.12. The molecule has 2 N–H and O–H groups in total. The predicted molar refractivity (Wildman–Crippen MR) is 79.9 cm³/mol. The van der Waals surface area contributed by atoms with E-state index in [-0.39, 0.29) is 0 Å². The summed E-state index contributed by atoms with van der Waals surface area (Å²) >= 11 is 0. The van der Waals surface area contributed by atoms with Crippen LogP contribution in [0.25, 0.3) is 0 Å². The van der Waals surface area contributed by atoms with E-state index in [2.05, 4.69) is 6.92 Å². The third kappa shape index (κ3) is 3.15. The van der Waals surface area contributed by atoms with E-state index in [4.69, 9.17) is 19.9 Å². The number of ether oxygens (including phenoxy) is 3. The molecule has 0 saturated carbocycles. The normalized spacial score (nSPS) is 10.2. The van der Waals surface area contributed by atoms with E-state index in [1.54, 1.807) is 32.4 Å². The van der Waals surface area contributed by atoms with Crippen molar-refractivity contribution < 1.29 is 14.2 Å². The van der Waals surface area contributed by atoms with Gasteiger partial charge in [-0.2, -0.15) is 0 Å². The fraction of sp³-hybridized carbons (Fsp3) is 0.250. The molecule has 0 bridgehead atoms. The van der Waals surface area contributed by atoms with Crippen molar-refractivity contribution in [1.82, 2.24) is 0 Å². The number of aryl methyl sites for hydroxylation is 1. The summed E-state index contributed by atoms with van der Waals surface area (Å²) in [6.07, 6.45) is 0.947. The van der Waals surface area contributed by atoms with Crippen molar-refractivity contribution in [2.24, 2.45) is 0 Å². The van der Waals surface area contributed by atoms with Crippen molar-refractivity contribution >= 4 is 5.69 Å². The lowest BCUT2D eigenvalue weighted by Crippen LogP contribution is -1.94. The van der Waals surface area contributed by atoms with E-state index in [0.29, 0.717) is 28.7 Å². The van der Waals surface area contributed by atoms with Gasteiger partial charge in [0.15, 0.2) is 11.5 Å². The van der Waals surface area contributed by atoms with Crippen LogP contribution >= 0.6 is 0 Å². The second-order valence-electron chi connectivity index (χ2n) is 4.38. The smallest absolute Gasteiger partial charge is 0.169 e. The maximum atomic E-state index is 5.84. The van der Waals surface area contributed by atoms with Crippen molar-refractivity contribution in [3.63, 3.8) is 0 Å². The first kappa shape index (κ1) is 14.1. The van der Waals surface area contributed by atoms with Gasteiger partial charge in [0, 0.05) is 23.9 Å². The number of hydrogen-bond donors (Lipinski definition) is 1. The molecule has 0 aliphatic carbocycles. The van der Waals surface area contributed by atoms with Gasteiger partial charge in [-0.25, -0.2) is 0 Å². The maximum Gasteiger partial charge on any atom is 0.169 e. The molecule has 0 radical (unpaired) electrons. The Morgan fingerprint density at radius 1 is 0.900 bits per heavy atom. The van der Waals surface area contributed by atoms with Crippen LogP contribution in [0, 0.1) is 0 Å². The molecule has 2 aromatic carbocycles. The molecule has 4 heteroatoms. The summed E-state index contributed by atoms with van der Waals surface area (Å²) in [6.45, 7) is 2.10. The molecule has 0 unspecified atom stereocenters. The number of benzene rings is 2. The van der Waals surface area contributed by atoms with Gasteiger partial charge in [0.1, 0.15) is 11.5 Å². The minimum absolute atomic E-state index is 0.587. The highest BCUT2D eigenvalue weighted by molar-refractivity contribution is 5.53. The number of hydrogen-bond acceptors (Lipinski definition) is 4. The highest BCUT2D eigenvalue weighted by Gasteiger charge is 2.08. The summed E-state index contributed by atoms with van der Waals surface area (Å²) in [6, 6.07) is 11.1. The van der Waals surface area contributed by atoms with Crippen LogP contribution in [0.5, 0.6) is 23.0 Å². The fourth-order valence-electron chi connectivity index (χ4n) is 1.91. The standard InChI is InChI=1S/C16H19NO3/c1-4-11-5-6-15(16(7-11)19-3)20-14-9-12(17)8-13(10-14)18-2/h5-10H,4,17H2,1-3H3. The Morgan fingerprint density at radius 3 is 2.30 bits per heavy atom. The molecule has 0 aromatic heterocycles. The van der Waals surface area contributed by atoms with Crippen LogP contribution in [0.1, 0.15) is 12.5 Å². The summed E-state index contributed by atoms with van der Waals surface area (Å²) < 4.78 is 16.4. The van der Waals surface area contributed by atoms with Crippen molar-refractivity contribution in [3.05, 3.63) is 42.0 Å². The summed E-state index contributed by atoms with van der Waals surface area (Å²) in [5.74, 6) is 2.62. The van der Waals surface area contributed by atoms with E-state index < -0.39 is 0 Å². The molecular weight excluding hydrogens is 254 g/mol. The van der Waals surface area contributed by atoms with E-state index in [9.17, 15) is 0 Å². The first-order chi connectivity index (χ1) is 9.66. The largest absolute Gasteiger partial charge is 0.497 e.